The van der Waals surface area contributed by atoms with Gasteiger partial charge in [-0.1, -0.05) is 54.6 Å². The summed E-state index contributed by atoms with van der Waals surface area (Å²) in [6.45, 7) is 1.73. The third-order valence-electron chi connectivity index (χ3n) is 4.70. The molecule has 0 unspecified atom stereocenters. The third-order valence-corrected chi connectivity index (χ3v) is 6.43. The number of hydrogen-bond donors (Lipinski definition) is 3. The summed E-state index contributed by atoms with van der Waals surface area (Å²) in [5.74, 6) is -0.295. The average molecular weight is 405 g/mol. The fraction of sp³-hybridized carbons (Fsp3) is 0.0476. The van der Waals surface area contributed by atoms with Crippen molar-refractivity contribution in [2.24, 2.45) is 10.8 Å². The molecule has 0 amide bonds. The average Bonchev–Trinajstić information content (AvgIpc) is 3.12. The van der Waals surface area contributed by atoms with Crippen LogP contribution < -0.4 is 11.2 Å². The molecule has 0 aliphatic heterocycles. The molecule has 3 aromatic carbocycles. The van der Waals surface area contributed by atoms with Crippen molar-refractivity contribution in [1.29, 1.82) is 5.41 Å². The summed E-state index contributed by atoms with van der Waals surface area (Å²) in [5, 5.41) is 13.6. The van der Waals surface area contributed by atoms with Crippen LogP contribution >= 0.6 is 0 Å². The first kappa shape index (κ1) is 18.7. The van der Waals surface area contributed by atoms with E-state index in [9.17, 15) is 8.42 Å². The van der Waals surface area contributed by atoms with Gasteiger partial charge in [-0.3, -0.25) is 5.41 Å². The fourth-order valence-corrected chi connectivity index (χ4v) is 4.96. The molecular weight excluding hydrogens is 386 g/mol. The second-order valence-corrected chi connectivity index (χ2v) is 8.34. The number of rotatable bonds is 4. The van der Waals surface area contributed by atoms with Gasteiger partial charge in [0.15, 0.2) is 0 Å². The second kappa shape index (κ2) is 7.06. The number of benzene rings is 3. The summed E-state index contributed by atoms with van der Waals surface area (Å²) in [5.41, 5.74) is 9.40. The Bertz CT molecular complexity index is 1380. The van der Waals surface area contributed by atoms with E-state index in [-0.39, 0.29) is 10.9 Å². The van der Waals surface area contributed by atoms with Crippen molar-refractivity contribution < 1.29 is 8.42 Å². The monoisotopic (exact) mass is 405 g/mol. The molecule has 0 saturated heterocycles. The quantitative estimate of drug-likeness (QED) is 0.275. The Kier molecular flexibility index (Phi) is 4.56. The van der Waals surface area contributed by atoms with Crippen molar-refractivity contribution >= 4 is 43.4 Å². The molecule has 7 nitrogen and oxygen atoms in total. The minimum absolute atomic E-state index is 0.236. The van der Waals surface area contributed by atoms with E-state index in [4.69, 9.17) is 11.1 Å². The molecule has 1 aromatic heterocycles. The first-order valence-electron chi connectivity index (χ1n) is 8.88. The van der Waals surface area contributed by atoms with Crippen molar-refractivity contribution in [2.45, 2.75) is 11.8 Å². The summed E-state index contributed by atoms with van der Waals surface area (Å²) >= 11 is 0. The zero-order chi connectivity index (χ0) is 20.6. The molecule has 0 saturated carbocycles. The predicted octanol–water partition coefficient (Wildman–Crippen LogP) is 3.24. The number of guanidine groups is 1. The molecular formula is C21H19N5O2S. The molecule has 4 aromatic rings. The molecule has 0 aliphatic rings. The van der Waals surface area contributed by atoms with E-state index in [2.05, 4.69) is 10.5 Å². The van der Waals surface area contributed by atoms with Crippen LogP contribution in [0.1, 0.15) is 12.5 Å². The highest BCUT2D eigenvalue weighted by Gasteiger charge is 2.23. The normalized spacial score (nSPS) is 12.4. The molecule has 8 heteroatoms. The molecule has 0 radical (unpaired) electrons. The van der Waals surface area contributed by atoms with Crippen LogP contribution in [0.4, 0.5) is 0 Å². The van der Waals surface area contributed by atoms with Gasteiger partial charge in [-0.2, -0.15) is 5.10 Å². The van der Waals surface area contributed by atoms with Gasteiger partial charge < -0.3 is 5.73 Å². The Morgan fingerprint density at radius 1 is 1.00 bits per heavy atom. The summed E-state index contributed by atoms with van der Waals surface area (Å²) < 4.78 is 28.5. The van der Waals surface area contributed by atoms with Gasteiger partial charge in [0.05, 0.1) is 16.1 Å². The maximum Gasteiger partial charge on any atom is 0.268 e. The van der Waals surface area contributed by atoms with Crippen LogP contribution in [0.2, 0.25) is 0 Å². The maximum atomic E-state index is 13.6. The number of hydrogen-bond acceptors (Lipinski definition) is 4. The van der Waals surface area contributed by atoms with Crippen molar-refractivity contribution in [3.63, 3.8) is 0 Å². The lowest BCUT2D eigenvalue weighted by Crippen LogP contribution is -2.26. The number of hydrazone groups is 1. The van der Waals surface area contributed by atoms with Crippen molar-refractivity contribution in [2.75, 3.05) is 0 Å². The number of nitrogens with zero attached hydrogens (tertiary/aromatic N) is 2. The largest absolute Gasteiger partial charge is 0.369 e. The van der Waals surface area contributed by atoms with Crippen molar-refractivity contribution in [3.05, 3.63) is 78.5 Å². The Morgan fingerprint density at radius 3 is 2.41 bits per heavy atom. The van der Waals surface area contributed by atoms with Crippen LogP contribution in [-0.2, 0) is 10.0 Å². The molecule has 4 N–H and O–H groups in total. The zero-order valence-electron chi connectivity index (χ0n) is 15.6. The minimum atomic E-state index is -3.86. The van der Waals surface area contributed by atoms with Crippen LogP contribution in [0, 0.1) is 5.41 Å². The summed E-state index contributed by atoms with van der Waals surface area (Å²) in [6.07, 6.45) is 1.56. The molecule has 0 bridgehead atoms. The van der Waals surface area contributed by atoms with Crippen LogP contribution in [0.25, 0.3) is 21.7 Å². The highest BCUT2D eigenvalue weighted by atomic mass is 32.2. The lowest BCUT2D eigenvalue weighted by atomic mass is 10.1. The lowest BCUT2D eigenvalue weighted by molar-refractivity contribution is 0.590. The van der Waals surface area contributed by atoms with E-state index in [0.717, 1.165) is 10.8 Å². The molecule has 0 atom stereocenters. The molecule has 146 valence electrons. The van der Waals surface area contributed by atoms with Crippen LogP contribution in [0.5, 0.6) is 0 Å². The van der Waals surface area contributed by atoms with E-state index < -0.39 is 10.0 Å². The summed E-state index contributed by atoms with van der Waals surface area (Å²) in [6, 6.07) is 19.9. The Balaban J connectivity index is 1.96. The van der Waals surface area contributed by atoms with E-state index in [0.29, 0.717) is 22.2 Å². The first-order valence-corrected chi connectivity index (χ1v) is 10.3. The standard InChI is InChI=1S/C21H19N5O2S/c1-14(24-25-21(22)23)18-13-26(19-11-5-4-10-17(18)19)29(27,28)20-12-6-8-15-7-2-3-9-16(15)20/h2-13H,1H3,(H4,22,23,25). The van der Waals surface area contributed by atoms with E-state index in [1.54, 1.807) is 43.5 Å². The van der Waals surface area contributed by atoms with Crippen molar-refractivity contribution in [1.82, 2.24) is 9.40 Å². The van der Waals surface area contributed by atoms with Gasteiger partial charge in [0, 0.05) is 22.5 Å². The smallest absolute Gasteiger partial charge is 0.268 e. The van der Waals surface area contributed by atoms with Crippen LogP contribution in [0.15, 0.2) is 82.9 Å². The fourth-order valence-electron chi connectivity index (χ4n) is 3.37. The van der Waals surface area contributed by atoms with Gasteiger partial charge in [0.2, 0.25) is 5.96 Å². The van der Waals surface area contributed by atoms with Gasteiger partial charge in [-0.05, 0) is 24.4 Å². The van der Waals surface area contributed by atoms with E-state index in [1.165, 1.54) is 3.97 Å². The van der Waals surface area contributed by atoms with Crippen LogP contribution in [0.3, 0.4) is 0 Å². The van der Waals surface area contributed by atoms with E-state index in [1.807, 2.05) is 36.4 Å². The van der Waals surface area contributed by atoms with Crippen molar-refractivity contribution in [3.8, 4) is 0 Å². The Labute approximate surface area is 168 Å². The first-order chi connectivity index (χ1) is 13.9. The summed E-state index contributed by atoms with van der Waals surface area (Å²) in [4.78, 5) is 0.236. The third kappa shape index (κ3) is 3.23. The van der Waals surface area contributed by atoms with Gasteiger partial charge in [0.1, 0.15) is 0 Å². The highest BCUT2D eigenvalue weighted by molar-refractivity contribution is 7.90. The number of para-hydroxylation sites is 1. The lowest BCUT2D eigenvalue weighted by Gasteiger charge is -2.10. The number of nitrogens with two attached hydrogens (primary N) is 1. The van der Waals surface area contributed by atoms with E-state index >= 15 is 0 Å². The Morgan fingerprint density at radius 2 is 1.66 bits per heavy atom. The van der Waals surface area contributed by atoms with Gasteiger partial charge >= 0.3 is 0 Å². The molecule has 4 rings (SSSR count). The highest BCUT2D eigenvalue weighted by Crippen LogP contribution is 2.30. The van der Waals surface area contributed by atoms with Gasteiger partial charge in [0.25, 0.3) is 10.0 Å². The maximum absolute atomic E-state index is 13.6. The number of nitrogens with one attached hydrogen (secondary N) is 2. The Hall–Kier alpha value is -3.65. The molecule has 29 heavy (non-hydrogen) atoms. The summed E-state index contributed by atoms with van der Waals surface area (Å²) in [7, 11) is -3.86. The molecule has 1 heterocycles. The van der Waals surface area contributed by atoms with Gasteiger partial charge in [-0.25, -0.2) is 17.8 Å². The molecule has 0 spiro atoms. The minimum Gasteiger partial charge on any atom is -0.369 e. The van der Waals surface area contributed by atoms with Crippen LogP contribution in [-0.4, -0.2) is 24.1 Å². The van der Waals surface area contributed by atoms with Gasteiger partial charge in [-0.15, -0.1) is 0 Å². The number of fused-ring (bicyclic) bond motifs is 2. The second-order valence-electron chi connectivity index (χ2n) is 6.56. The molecule has 0 aliphatic carbocycles. The molecule has 0 fully saturated rings. The predicted molar refractivity (Wildman–Crippen MR) is 116 cm³/mol. The number of aromatic nitrogens is 1. The SMILES string of the molecule is CC(=NNC(=N)N)c1cn(S(=O)(=O)c2cccc3ccccc23)c2ccccc12. The zero-order valence-corrected chi connectivity index (χ0v) is 16.4. The topological polar surface area (TPSA) is 113 Å².